The summed E-state index contributed by atoms with van der Waals surface area (Å²) in [5.74, 6) is 0.705. The average Bonchev–Trinajstić information content (AvgIpc) is 2.45. The molecular formula is C17H21NO2. The summed E-state index contributed by atoms with van der Waals surface area (Å²) in [6.45, 7) is 3.94. The molecule has 1 unspecified atom stereocenters. The number of aromatic nitrogens is 1. The Morgan fingerprint density at radius 1 is 1.15 bits per heavy atom. The fraction of sp³-hybridized carbons (Fsp3) is 0.353. The SMILES string of the molecule is CC(C)Oc1cncc(C(O)CCc2ccccc2)c1. The minimum atomic E-state index is -0.515. The van der Waals surface area contributed by atoms with Crippen LogP contribution < -0.4 is 4.74 Å². The molecule has 0 amide bonds. The Bertz CT molecular complexity index is 526. The van der Waals surface area contributed by atoms with Crippen LogP contribution in [0.5, 0.6) is 5.75 Å². The molecule has 0 spiro atoms. The lowest BCUT2D eigenvalue weighted by atomic mass is 10.0. The predicted molar refractivity (Wildman–Crippen MR) is 79.7 cm³/mol. The lowest BCUT2D eigenvalue weighted by Crippen LogP contribution is -2.07. The summed E-state index contributed by atoms with van der Waals surface area (Å²) in [5.41, 5.74) is 2.04. The second-order valence-corrected chi connectivity index (χ2v) is 5.16. The number of aliphatic hydroxyl groups excluding tert-OH is 1. The highest BCUT2D eigenvalue weighted by atomic mass is 16.5. The van der Waals surface area contributed by atoms with Crippen LogP contribution in [0.1, 0.15) is 37.5 Å². The van der Waals surface area contributed by atoms with Gasteiger partial charge in [-0.05, 0) is 38.3 Å². The van der Waals surface area contributed by atoms with Crippen LogP contribution in [0.15, 0.2) is 48.8 Å². The van der Waals surface area contributed by atoms with Crippen LogP contribution in [0.25, 0.3) is 0 Å². The molecule has 20 heavy (non-hydrogen) atoms. The molecule has 0 radical (unpaired) electrons. The Balaban J connectivity index is 1.96. The first-order valence-corrected chi connectivity index (χ1v) is 6.98. The minimum absolute atomic E-state index is 0.105. The maximum Gasteiger partial charge on any atom is 0.138 e. The third kappa shape index (κ3) is 4.35. The summed E-state index contributed by atoms with van der Waals surface area (Å²) in [7, 11) is 0. The summed E-state index contributed by atoms with van der Waals surface area (Å²) >= 11 is 0. The van der Waals surface area contributed by atoms with Crippen LogP contribution in [0, 0.1) is 0 Å². The molecule has 1 aromatic heterocycles. The molecule has 2 rings (SSSR count). The number of pyridine rings is 1. The molecule has 0 saturated carbocycles. The third-order valence-corrected chi connectivity index (χ3v) is 3.04. The zero-order valence-electron chi connectivity index (χ0n) is 12.0. The first-order valence-electron chi connectivity index (χ1n) is 6.98. The van der Waals surface area contributed by atoms with Gasteiger partial charge in [0.05, 0.1) is 18.4 Å². The van der Waals surface area contributed by atoms with E-state index in [2.05, 4.69) is 17.1 Å². The van der Waals surface area contributed by atoms with Gasteiger partial charge in [-0.25, -0.2) is 0 Å². The number of benzene rings is 1. The highest BCUT2D eigenvalue weighted by Gasteiger charge is 2.10. The summed E-state index contributed by atoms with van der Waals surface area (Å²) in [4.78, 5) is 4.13. The molecule has 106 valence electrons. The van der Waals surface area contributed by atoms with Gasteiger partial charge >= 0.3 is 0 Å². The first kappa shape index (κ1) is 14.5. The zero-order chi connectivity index (χ0) is 14.4. The number of ether oxygens (including phenoxy) is 1. The molecule has 0 fully saturated rings. The molecule has 1 aromatic carbocycles. The normalized spacial score (nSPS) is 12.4. The summed E-state index contributed by atoms with van der Waals surface area (Å²) in [6, 6.07) is 12.0. The van der Waals surface area contributed by atoms with E-state index in [1.807, 2.05) is 38.1 Å². The van der Waals surface area contributed by atoms with E-state index in [0.717, 1.165) is 12.0 Å². The summed E-state index contributed by atoms with van der Waals surface area (Å²) < 4.78 is 5.59. The number of hydrogen-bond acceptors (Lipinski definition) is 3. The van der Waals surface area contributed by atoms with E-state index in [0.29, 0.717) is 12.2 Å². The Morgan fingerprint density at radius 3 is 2.60 bits per heavy atom. The molecule has 2 aromatic rings. The summed E-state index contributed by atoms with van der Waals surface area (Å²) in [6.07, 6.45) is 4.48. The highest BCUT2D eigenvalue weighted by molar-refractivity contribution is 5.25. The van der Waals surface area contributed by atoms with Crippen molar-refractivity contribution in [2.24, 2.45) is 0 Å². The number of nitrogens with zero attached hydrogens (tertiary/aromatic N) is 1. The Hall–Kier alpha value is -1.87. The fourth-order valence-corrected chi connectivity index (χ4v) is 2.07. The van der Waals surface area contributed by atoms with Gasteiger partial charge in [0.15, 0.2) is 0 Å². The highest BCUT2D eigenvalue weighted by Crippen LogP contribution is 2.22. The van der Waals surface area contributed by atoms with Gasteiger partial charge in [-0.3, -0.25) is 4.98 Å². The molecule has 0 aliphatic heterocycles. The monoisotopic (exact) mass is 271 g/mol. The lowest BCUT2D eigenvalue weighted by molar-refractivity contribution is 0.166. The van der Waals surface area contributed by atoms with Crippen LogP contribution in [0.4, 0.5) is 0 Å². The molecule has 3 heteroatoms. The molecule has 1 atom stereocenters. The molecule has 0 bridgehead atoms. The zero-order valence-corrected chi connectivity index (χ0v) is 12.0. The van der Waals surface area contributed by atoms with Crippen molar-refractivity contribution in [2.75, 3.05) is 0 Å². The van der Waals surface area contributed by atoms with Crippen molar-refractivity contribution in [1.29, 1.82) is 0 Å². The Labute approximate surface area is 120 Å². The van der Waals surface area contributed by atoms with Crippen molar-refractivity contribution < 1.29 is 9.84 Å². The van der Waals surface area contributed by atoms with Gasteiger partial charge in [-0.2, -0.15) is 0 Å². The van der Waals surface area contributed by atoms with Gasteiger partial charge in [0.2, 0.25) is 0 Å². The topological polar surface area (TPSA) is 42.4 Å². The quantitative estimate of drug-likeness (QED) is 0.874. The second kappa shape index (κ2) is 7.06. The van der Waals surface area contributed by atoms with E-state index in [1.165, 1.54) is 5.56 Å². The van der Waals surface area contributed by atoms with Crippen molar-refractivity contribution in [2.45, 2.75) is 38.9 Å². The fourth-order valence-electron chi connectivity index (χ4n) is 2.07. The van der Waals surface area contributed by atoms with Crippen molar-refractivity contribution in [3.63, 3.8) is 0 Å². The van der Waals surface area contributed by atoms with E-state index in [4.69, 9.17) is 4.74 Å². The number of rotatable bonds is 6. The van der Waals surface area contributed by atoms with Gasteiger partial charge < -0.3 is 9.84 Å². The molecule has 3 nitrogen and oxygen atoms in total. The molecule has 0 aliphatic rings. The van der Waals surface area contributed by atoms with Crippen molar-refractivity contribution in [1.82, 2.24) is 4.98 Å². The van der Waals surface area contributed by atoms with E-state index < -0.39 is 6.10 Å². The molecule has 1 heterocycles. The smallest absolute Gasteiger partial charge is 0.138 e. The second-order valence-electron chi connectivity index (χ2n) is 5.16. The van der Waals surface area contributed by atoms with E-state index >= 15 is 0 Å². The van der Waals surface area contributed by atoms with Gasteiger partial charge in [-0.1, -0.05) is 30.3 Å². The number of aryl methyl sites for hydroxylation is 1. The van der Waals surface area contributed by atoms with Crippen LogP contribution in [0.3, 0.4) is 0 Å². The van der Waals surface area contributed by atoms with Crippen molar-refractivity contribution >= 4 is 0 Å². The average molecular weight is 271 g/mol. The molecular weight excluding hydrogens is 250 g/mol. The van der Waals surface area contributed by atoms with Gasteiger partial charge in [-0.15, -0.1) is 0 Å². The largest absolute Gasteiger partial charge is 0.489 e. The molecule has 1 N–H and O–H groups in total. The van der Waals surface area contributed by atoms with Crippen LogP contribution >= 0.6 is 0 Å². The molecule has 0 aliphatic carbocycles. The Morgan fingerprint density at radius 2 is 1.90 bits per heavy atom. The first-order chi connectivity index (χ1) is 9.65. The predicted octanol–water partition coefficient (Wildman–Crippen LogP) is 3.54. The van der Waals surface area contributed by atoms with Crippen LogP contribution in [0.2, 0.25) is 0 Å². The van der Waals surface area contributed by atoms with Gasteiger partial charge in [0.25, 0.3) is 0 Å². The van der Waals surface area contributed by atoms with E-state index in [1.54, 1.807) is 12.4 Å². The molecule has 0 saturated heterocycles. The third-order valence-electron chi connectivity index (χ3n) is 3.04. The van der Waals surface area contributed by atoms with Crippen LogP contribution in [-0.4, -0.2) is 16.2 Å². The minimum Gasteiger partial charge on any atom is -0.489 e. The van der Waals surface area contributed by atoms with Gasteiger partial charge in [0.1, 0.15) is 5.75 Å². The summed E-state index contributed by atoms with van der Waals surface area (Å²) in [5, 5.41) is 10.2. The van der Waals surface area contributed by atoms with Crippen molar-refractivity contribution in [3.05, 3.63) is 59.9 Å². The van der Waals surface area contributed by atoms with Gasteiger partial charge in [0, 0.05) is 11.8 Å². The maximum absolute atomic E-state index is 10.2. The number of aliphatic hydroxyl groups is 1. The van der Waals surface area contributed by atoms with E-state index in [9.17, 15) is 5.11 Å². The van der Waals surface area contributed by atoms with Crippen LogP contribution in [-0.2, 0) is 6.42 Å². The number of hydrogen-bond donors (Lipinski definition) is 1. The maximum atomic E-state index is 10.2. The standard InChI is InChI=1S/C17H21NO2/c1-13(2)20-16-10-15(11-18-12-16)17(19)9-8-14-6-4-3-5-7-14/h3-7,10-13,17,19H,8-9H2,1-2H3. The lowest BCUT2D eigenvalue weighted by Gasteiger charge is -2.14. The van der Waals surface area contributed by atoms with Crippen molar-refractivity contribution in [3.8, 4) is 5.75 Å². The Kier molecular flexibility index (Phi) is 5.13. The van der Waals surface area contributed by atoms with E-state index in [-0.39, 0.29) is 6.10 Å².